The summed E-state index contributed by atoms with van der Waals surface area (Å²) in [6.07, 6.45) is 1.18. The zero-order valence-corrected chi connectivity index (χ0v) is 13.9. The molecule has 6 nitrogen and oxygen atoms in total. The van der Waals surface area contributed by atoms with Gasteiger partial charge in [0.25, 0.3) is 0 Å². The minimum Gasteiger partial charge on any atom is -0.497 e. The number of amides is 1. The largest absolute Gasteiger partial charge is 0.497 e. The molecule has 0 bridgehead atoms. The van der Waals surface area contributed by atoms with Crippen LogP contribution in [0.2, 0.25) is 0 Å². The molecular formula is C19H20N2O4. The second-order valence-electron chi connectivity index (χ2n) is 6.05. The molecule has 1 aliphatic rings. The van der Waals surface area contributed by atoms with Gasteiger partial charge in [-0.25, -0.2) is 0 Å². The van der Waals surface area contributed by atoms with Gasteiger partial charge in [0, 0.05) is 17.1 Å². The van der Waals surface area contributed by atoms with Crippen molar-refractivity contribution in [1.29, 1.82) is 0 Å². The van der Waals surface area contributed by atoms with E-state index in [2.05, 4.69) is 10.6 Å². The van der Waals surface area contributed by atoms with E-state index in [9.17, 15) is 9.59 Å². The Morgan fingerprint density at radius 3 is 2.28 bits per heavy atom. The second kappa shape index (κ2) is 7.25. The van der Waals surface area contributed by atoms with Gasteiger partial charge in [-0.05, 0) is 55.3 Å². The van der Waals surface area contributed by atoms with E-state index in [0.717, 1.165) is 17.1 Å². The molecule has 2 aromatic carbocycles. The minimum absolute atomic E-state index is 0.236. The Morgan fingerprint density at radius 1 is 1.00 bits per heavy atom. The average Bonchev–Trinajstić information content (AvgIpc) is 2.54. The van der Waals surface area contributed by atoms with E-state index in [0.29, 0.717) is 18.5 Å². The molecule has 25 heavy (non-hydrogen) atoms. The van der Waals surface area contributed by atoms with Crippen molar-refractivity contribution in [1.82, 2.24) is 0 Å². The quantitative estimate of drug-likeness (QED) is 0.749. The van der Waals surface area contributed by atoms with Crippen LogP contribution in [0.4, 0.5) is 17.1 Å². The van der Waals surface area contributed by atoms with Crippen molar-refractivity contribution < 1.29 is 19.4 Å². The van der Waals surface area contributed by atoms with Crippen molar-refractivity contribution in [2.75, 3.05) is 17.7 Å². The zero-order chi connectivity index (χ0) is 17.8. The number of carboxylic acids is 1. The van der Waals surface area contributed by atoms with Crippen LogP contribution in [0.1, 0.15) is 12.8 Å². The van der Waals surface area contributed by atoms with Crippen molar-refractivity contribution in [2.45, 2.75) is 12.8 Å². The van der Waals surface area contributed by atoms with Gasteiger partial charge in [0.05, 0.1) is 18.9 Å². The number of ether oxygens (including phenoxy) is 1. The molecule has 1 amide bonds. The highest BCUT2D eigenvalue weighted by Gasteiger charge is 2.41. The van der Waals surface area contributed by atoms with Crippen LogP contribution in [0.15, 0.2) is 48.5 Å². The third-order valence-electron chi connectivity index (χ3n) is 4.44. The number of hydrogen-bond donors (Lipinski definition) is 3. The Kier molecular flexibility index (Phi) is 4.88. The van der Waals surface area contributed by atoms with E-state index < -0.39 is 17.8 Å². The number of rotatable bonds is 6. The van der Waals surface area contributed by atoms with Crippen LogP contribution in [-0.4, -0.2) is 24.1 Å². The molecule has 0 radical (unpaired) electrons. The molecule has 0 aliphatic heterocycles. The third-order valence-corrected chi connectivity index (χ3v) is 4.44. The van der Waals surface area contributed by atoms with Gasteiger partial charge in [0.15, 0.2) is 0 Å². The van der Waals surface area contributed by atoms with Gasteiger partial charge in [0.1, 0.15) is 5.75 Å². The predicted octanol–water partition coefficient (Wildman–Crippen LogP) is 3.49. The van der Waals surface area contributed by atoms with E-state index in [4.69, 9.17) is 9.84 Å². The fourth-order valence-corrected chi connectivity index (χ4v) is 2.86. The van der Waals surface area contributed by atoms with Gasteiger partial charge >= 0.3 is 5.97 Å². The molecule has 2 aromatic rings. The Balaban J connectivity index is 1.64. The first-order valence-electron chi connectivity index (χ1n) is 8.11. The maximum absolute atomic E-state index is 12.2. The van der Waals surface area contributed by atoms with Gasteiger partial charge in [-0.1, -0.05) is 6.07 Å². The summed E-state index contributed by atoms with van der Waals surface area (Å²) in [5.74, 6) is -1.38. The number of carboxylic acid groups (broad SMARTS) is 1. The topological polar surface area (TPSA) is 87.7 Å². The SMILES string of the molecule is COc1ccc(Nc2cccc(NC(=O)[C@@H]3CC[C@H]3C(=O)O)c2)cc1. The van der Waals surface area contributed by atoms with Gasteiger partial charge in [-0.2, -0.15) is 0 Å². The molecule has 3 rings (SSSR count). The van der Waals surface area contributed by atoms with Crippen molar-refractivity contribution in [3.8, 4) is 5.75 Å². The van der Waals surface area contributed by atoms with Crippen LogP contribution in [-0.2, 0) is 9.59 Å². The Bertz CT molecular complexity index is 773. The third kappa shape index (κ3) is 3.91. The molecule has 130 valence electrons. The fourth-order valence-electron chi connectivity index (χ4n) is 2.86. The van der Waals surface area contributed by atoms with Gasteiger partial charge in [-0.15, -0.1) is 0 Å². The van der Waals surface area contributed by atoms with Gasteiger partial charge < -0.3 is 20.5 Å². The summed E-state index contributed by atoms with van der Waals surface area (Å²) in [6, 6.07) is 14.8. The Hall–Kier alpha value is -3.02. The summed E-state index contributed by atoms with van der Waals surface area (Å²) in [5.41, 5.74) is 2.36. The van der Waals surface area contributed by atoms with Crippen molar-refractivity contribution in [2.24, 2.45) is 11.8 Å². The normalized spacial score (nSPS) is 18.8. The molecule has 0 unspecified atom stereocenters. The lowest BCUT2D eigenvalue weighted by Gasteiger charge is -2.31. The maximum atomic E-state index is 12.2. The maximum Gasteiger partial charge on any atom is 0.307 e. The summed E-state index contributed by atoms with van der Waals surface area (Å²) in [6.45, 7) is 0. The lowest BCUT2D eigenvalue weighted by molar-refractivity contribution is -0.151. The van der Waals surface area contributed by atoms with Gasteiger partial charge in [0.2, 0.25) is 5.91 Å². The number of carbonyl (C=O) groups is 2. The molecule has 3 N–H and O–H groups in total. The first-order valence-corrected chi connectivity index (χ1v) is 8.11. The van der Waals surface area contributed by atoms with Crippen LogP contribution in [0.25, 0.3) is 0 Å². The van der Waals surface area contributed by atoms with Crippen LogP contribution >= 0.6 is 0 Å². The minimum atomic E-state index is -0.902. The van der Waals surface area contributed by atoms with Crippen molar-refractivity contribution in [3.05, 3.63) is 48.5 Å². The highest BCUT2D eigenvalue weighted by molar-refractivity contribution is 5.96. The highest BCUT2D eigenvalue weighted by atomic mass is 16.5. The summed E-state index contributed by atoms with van der Waals surface area (Å²) < 4.78 is 5.13. The summed E-state index contributed by atoms with van der Waals surface area (Å²) in [4.78, 5) is 23.3. The van der Waals surface area contributed by atoms with Crippen LogP contribution in [0.5, 0.6) is 5.75 Å². The molecule has 2 atom stereocenters. The molecule has 1 saturated carbocycles. The number of carbonyl (C=O) groups excluding carboxylic acids is 1. The monoisotopic (exact) mass is 340 g/mol. The predicted molar refractivity (Wildman–Crippen MR) is 95.2 cm³/mol. The summed E-state index contributed by atoms with van der Waals surface area (Å²) in [7, 11) is 1.62. The van der Waals surface area contributed by atoms with E-state index in [1.165, 1.54) is 0 Å². The fraction of sp³-hybridized carbons (Fsp3) is 0.263. The molecule has 6 heteroatoms. The standard InChI is InChI=1S/C19H20N2O4/c1-25-15-7-5-12(6-8-15)20-13-3-2-4-14(11-13)21-18(22)16-9-10-17(16)19(23)24/h2-8,11,16-17,20H,9-10H2,1H3,(H,21,22)(H,23,24)/t16-,17-/m1/s1. The van der Waals surface area contributed by atoms with Crippen molar-refractivity contribution >= 4 is 28.9 Å². The van der Waals surface area contributed by atoms with E-state index in [1.807, 2.05) is 42.5 Å². The molecule has 0 spiro atoms. The number of methoxy groups -OCH3 is 1. The molecular weight excluding hydrogens is 320 g/mol. The molecule has 1 fully saturated rings. The number of nitrogens with one attached hydrogen (secondary N) is 2. The number of hydrogen-bond acceptors (Lipinski definition) is 4. The molecule has 1 aliphatic carbocycles. The van der Waals surface area contributed by atoms with E-state index in [1.54, 1.807) is 13.2 Å². The lowest BCUT2D eigenvalue weighted by Crippen LogP contribution is -2.41. The second-order valence-corrected chi connectivity index (χ2v) is 6.05. The molecule has 0 aromatic heterocycles. The smallest absolute Gasteiger partial charge is 0.307 e. The average molecular weight is 340 g/mol. The Morgan fingerprint density at radius 2 is 1.68 bits per heavy atom. The van der Waals surface area contributed by atoms with Crippen LogP contribution in [0.3, 0.4) is 0 Å². The molecule has 0 saturated heterocycles. The zero-order valence-electron chi connectivity index (χ0n) is 13.9. The summed E-state index contributed by atoms with van der Waals surface area (Å²) in [5, 5.41) is 15.1. The first kappa shape index (κ1) is 16.8. The van der Waals surface area contributed by atoms with E-state index >= 15 is 0 Å². The van der Waals surface area contributed by atoms with Crippen LogP contribution < -0.4 is 15.4 Å². The van der Waals surface area contributed by atoms with E-state index in [-0.39, 0.29) is 5.91 Å². The number of benzene rings is 2. The number of aliphatic carboxylic acids is 1. The lowest BCUT2D eigenvalue weighted by atomic mass is 9.73. The van der Waals surface area contributed by atoms with Gasteiger partial charge in [-0.3, -0.25) is 9.59 Å². The summed E-state index contributed by atoms with van der Waals surface area (Å²) >= 11 is 0. The first-order chi connectivity index (χ1) is 12.1. The van der Waals surface area contributed by atoms with Crippen molar-refractivity contribution in [3.63, 3.8) is 0 Å². The Labute approximate surface area is 145 Å². The highest BCUT2D eigenvalue weighted by Crippen LogP contribution is 2.35. The number of anilines is 3. The van der Waals surface area contributed by atoms with Crippen LogP contribution in [0, 0.1) is 11.8 Å². The molecule has 0 heterocycles.